The Hall–Kier alpha value is -2.08. The Labute approximate surface area is 87.0 Å². The van der Waals surface area contributed by atoms with Crippen molar-refractivity contribution in [2.45, 2.75) is 13.8 Å². The predicted molar refractivity (Wildman–Crippen MR) is 58.8 cm³/mol. The van der Waals surface area contributed by atoms with Crippen LogP contribution in [-0.4, -0.2) is 4.98 Å². The first-order valence-electron chi connectivity index (χ1n) is 4.66. The number of nitriles is 1. The molecule has 0 atom stereocenters. The standard InChI is InChI=1S/C12H10N2O/c1-7-3-10-11(4-8(7)2)14-6-9(5-13)12(10)15/h3-4,6H,1-2H3,(H,14,15). The number of rotatable bonds is 0. The van der Waals surface area contributed by atoms with Crippen LogP contribution >= 0.6 is 0 Å². The number of benzene rings is 1. The van der Waals surface area contributed by atoms with Crippen LogP contribution in [0.25, 0.3) is 10.9 Å². The lowest BCUT2D eigenvalue weighted by atomic mass is 10.1. The third-order valence-electron chi connectivity index (χ3n) is 2.62. The fraction of sp³-hybridized carbons (Fsp3) is 0.167. The number of fused-ring (bicyclic) bond motifs is 1. The molecule has 3 heteroatoms. The van der Waals surface area contributed by atoms with E-state index in [9.17, 15) is 4.79 Å². The molecule has 0 aliphatic carbocycles. The zero-order valence-electron chi connectivity index (χ0n) is 8.59. The molecule has 0 bridgehead atoms. The summed E-state index contributed by atoms with van der Waals surface area (Å²) in [5.41, 5.74) is 2.92. The molecule has 15 heavy (non-hydrogen) atoms. The van der Waals surface area contributed by atoms with Gasteiger partial charge in [-0.3, -0.25) is 4.79 Å². The Morgan fingerprint density at radius 1 is 1.27 bits per heavy atom. The third kappa shape index (κ3) is 1.40. The van der Waals surface area contributed by atoms with Crippen molar-refractivity contribution >= 4 is 10.9 Å². The van der Waals surface area contributed by atoms with E-state index in [0.717, 1.165) is 16.6 Å². The normalized spacial score (nSPS) is 10.2. The van der Waals surface area contributed by atoms with Crippen LogP contribution in [0.2, 0.25) is 0 Å². The highest BCUT2D eigenvalue weighted by Gasteiger charge is 2.05. The fourth-order valence-corrected chi connectivity index (χ4v) is 1.57. The maximum absolute atomic E-state index is 11.8. The van der Waals surface area contributed by atoms with Crippen molar-refractivity contribution < 1.29 is 0 Å². The van der Waals surface area contributed by atoms with Crippen molar-refractivity contribution in [2.75, 3.05) is 0 Å². The summed E-state index contributed by atoms with van der Waals surface area (Å²) in [5.74, 6) is 0. The first-order valence-corrected chi connectivity index (χ1v) is 4.66. The molecule has 0 radical (unpaired) electrons. The van der Waals surface area contributed by atoms with Crippen LogP contribution in [0.5, 0.6) is 0 Å². The quantitative estimate of drug-likeness (QED) is 0.704. The van der Waals surface area contributed by atoms with Gasteiger partial charge in [-0.05, 0) is 37.1 Å². The summed E-state index contributed by atoms with van der Waals surface area (Å²) in [6.45, 7) is 3.94. The van der Waals surface area contributed by atoms with Crippen LogP contribution in [0.1, 0.15) is 16.7 Å². The summed E-state index contributed by atoms with van der Waals surface area (Å²) >= 11 is 0. The van der Waals surface area contributed by atoms with Gasteiger partial charge in [-0.1, -0.05) is 0 Å². The van der Waals surface area contributed by atoms with Crippen LogP contribution < -0.4 is 5.43 Å². The molecule has 1 heterocycles. The SMILES string of the molecule is Cc1cc2[nH]cc(C#N)c(=O)c2cc1C. The van der Waals surface area contributed by atoms with Gasteiger partial charge in [0.25, 0.3) is 0 Å². The maximum atomic E-state index is 11.8. The smallest absolute Gasteiger partial charge is 0.207 e. The van der Waals surface area contributed by atoms with Crippen molar-refractivity contribution in [3.63, 3.8) is 0 Å². The lowest BCUT2D eigenvalue weighted by Crippen LogP contribution is -2.07. The summed E-state index contributed by atoms with van der Waals surface area (Å²) < 4.78 is 0. The number of H-pyrrole nitrogens is 1. The second kappa shape index (κ2) is 3.25. The van der Waals surface area contributed by atoms with Crippen molar-refractivity contribution in [1.29, 1.82) is 5.26 Å². The van der Waals surface area contributed by atoms with Crippen molar-refractivity contribution in [2.24, 2.45) is 0 Å². The lowest BCUT2D eigenvalue weighted by molar-refractivity contribution is 1.30. The van der Waals surface area contributed by atoms with Gasteiger partial charge in [0.15, 0.2) is 0 Å². The molecule has 0 amide bonds. The average Bonchev–Trinajstić information content (AvgIpc) is 2.22. The fourth-order valence-electron chi connectivity index (χ4n) is 1.57. The Morgan fingerprint density at radius 3 is 2.60 bits per heavy atom. The summed E-state index contributed by atoms with van der Waals surface area (Å²) in [5, 5.41) is 9.31. The highest BCUT2D eigenvalue weighted by molar-refractivity contribution is 5.81. The molecule has 0 aliphatic heterocycles. The molecule has 1 aromatic carbocycles. The minimum Gasteiger partial charge on any atom is -0.360 e. The molecule has 0 aliphatic rings. The van der Waals surface area contributed by atoms with Gasteiger partial charge in [0, 0.05) is 17.1 Å². The van der Waals surface area contributed by atoms with E-state index in [4.69, 9.17) is 5.26 Å². The van der Waals surface area contributed by atoms with E-state index >= 15 is 0 Å². The second-order valence-corrected chi connectivity index (χ2v) is 3.63. The largest absolute Gasteiger partial charge is 0.360 e. The number of aromatic amines is 1. The molecular formula is C12H10N2O. The first-order chi connectivity index (χ1) is 7.13. The Balaban J connectivity index is 2.96. The number of aryl methyl sites for hydroxylation is 2. The van der Waals surface area contributed by atoms with Crippen LogP contribution in [0.4, 0.5) is 0 Å². The highest BCUT2D eigenvalue weighted by Crippen LogP contribution is 2.14. The number of nitrogens with zero attached hydrogens (tertiary/aromatic N) is 1. The number of nitrogens with one attached hydrogen (secondary N) is 1. The molecule has 0 saturated heterocycles. The van der Waals surface area contributed by atoms with Gasteiger partial charge in [0.1, 0.15) is 11.6 Å². The zero-order chi connectivity index (χ0) is 11.0. The summed E-state index contributed by atoms with van der Waals surface area (Å²) in [6.07, 6.45) is 1.46. The maximum Gasteiger partial charge on any atom is 0.207 e. The van der Waals surface area contributed by atoms with E-state index in [1.807, 2.05) is 32.0 Å². The van der Waals surface area contributed by atoms with Crippen LogP contribution in [0.3, 0.4) is 0 Å². The monoisotopic (exact) mass is 198 g/mol. The van der Waals surface area contributed by atoms with E-state index in [1.165, 1.54) is 6.20 Å². The van der Waals surface area contributed by atoms with E-state index in [0.29, 0.717) is 5.39 Å². The van der Waals surface area contributed by atoms with Gasteiger partial charge < -0.3 is 4.98 Å². The molecule has 2 rings (SSSR count). The predicted octanol–water partition coefficient (Wildman–Crippen LogP) is 2.02. The van der Waals surface area contributed by atoms with Crippen LogP contribution in [0.15, 0.2) is 23.1 Å². The van der Waals surface area contributed by atoms with E-state index in [1.54, 1.807) is 0 Å². The molecular weight excluding hydrogens is 188 g/mol. The average molecular weight is 198 g/mol. The minimum atomic E-state index is -0.200. The van der Waals surface area contributed by atoms with Crippen molar-refractivity contribution in [1.82, 2.24) is 4.98 Å². The summed E-state index contributed by atoms with van der Waals surface area (Å²) in [6, 6.07) is 5.63. The molecule has 2 aromatic rings. The second-order valence-electron chi connectivity index (χ2n) is 3.63. The van der Waals surface area contributed by atoms with Gasteiger partial charge in [0.2, 0.25) is 5.43 Å². The third-order valence-corrected chi connectivity index (χ3v) is 2.62. The topological polar surface area (TPSA) is 56.6 Å². The van der Waals surface area contributed by atoms with E-state index in [2.05, 4.69) is 4.98 Å². The minimum absolute atomic E-state index is 0.158. The van der Waals surface area contributed by atoms with Gasteiger partial charge >= 0.3 is 0 Å². The molecule has 0 unspecified atom stereocenters. The van der Waals surface area contributed by atoms with Gasteiger partial charge in [-0.2, -0.15) is 5.26 Å². The van der Waals surface area contributed by atoms with Crippen LogP contribution in [0, 0.1) is 25.2 Å². The Kier molecular flexibility index (Phi) is 2.05. The summed E-state index contributed by atoms with van der Waals surface area (Å²) in [7, 11) is 0. The van der Waals surface area contributed by atoms with Gasteiger partial charge in [-0.25, -0.2) is 0 Å². The van der Waals surface area contributed by atoms with Gasteiger partial charge in [-0.15, -0.1) is 0 Å². The molecule has 0 saturated carbocycles. The zero-order valence-corrected chi connectivity index (χ0v) is 8.59. The number of pyridine rings is 1. The number of hydrogen-bond acceptors (Lipinski definition) is 2. The molecule has 74 valence electrons. The molecule has 0 fully saturated rings. The first kappa shape index (κ1) is 9.47. The molecule has 0 spiro atoms. The molecule has 1 aromatic heterocycles. The lowest BCUT2D eigenvalue weighted by Gasteiger charge is -2.03. The van der Waals surface area contributed by atoms with Gasteiger partial charge in [0.05, 0.1) is 0 Å². The van der Waals surface area contributed by atoms with E-state index < -0.39 is 0 Å². The van der Waals surface area contributed by atoms with E-state index in [-0.39, 0.29) is 11.0 Å². The molecule has 3 nitrogen and oxygen atoms in total. The number of hydrogen-bond donors (Lipinski definition) is 1. The highest BCUT2D eigenvalue weighted by atomic mass is 16.1. The van der Waals surface area contributed by atoms with Crippen molar-refractivity contribution in [3.05, 3.63) is 45.2 Å². The summed E-state index contributed by atoms with van der Waals surface area (Å²) in [4.78, 5) is 14.7. The Morgan fingerprint density at radius 2 is 1.93 bits per heavy atom. The molecule has 1 N–H and O–H groups in total. The van der Waals surface area contributed by atoms with Crippen molar-refractivity contribution in [3.8, 4) is 6.07 Å². The Bertz CT molecular complexity index is 632. The number of aromatic nitrogens is 1. The van der Waals surface area contributed by atoms with Crippen LogP contribution in [-0.2, 0) is 0 Å².